The number of hydrogen-bond acceptors (Lipinski definition) is 5. The van der Waals surface area contributed by atoms with Gasteiger partial charge >= 0.3 is 5.97 Å². The molecule has 0 aliphatic carbocycles. The van der Waals surface area contributed by atoms with E-state index in [1.165, 1.54) is 18.2 Å². The fourth-order valence-electron chi connectivity index (χ4n) is 1.64. The van der Waals surface area contributed by atoms with E-state index < -0.39 is 11.9 Å². The molecular weight excluding hydrogens is 294 g/mol. The highest BCUT2D eigenvalue weighted by Crippen LogP contribution is 2.19. The predicted octanol–water partition coefficient (Wildman–Crippen LogP) is 2.28. The van der Waals surface area contributed by atoms with Gasteiger partial charge in [0, 0.05) is 12.0 Å². The van der Waals surface area contributed by atoms with E-state index in [-0.39, 0.29) is 29.2 Å². The number of methoxy groups -OCH3 is 1. The monoisotopic (exact) mass is 313 g/mol. The summed E-state index contributed by atoms with van der Waals surface area (Å²) in [5.74, 6) is -0.303. The van der Waals surface area contributed by atoms with Gasteiger partial charge in [-0.1, -0.05) is 25.4 Å². The molecule has 0 unspecified atom stereocenters. The molecule has 1 amide bonds. The molecule has 21 heavy (non-hydrogen) atoms. The molecule has 6 nitrogen and oxygen atoms in total. The van der Waals surface area contributed by atoms with E-state index in [1.807, 2.05) is 13.8 Å². The Balaban J connectivity index is 3.14. The van der Waals surface area contributed by atoms with Crippen molar-refractivity contribution in [2.75, 3.05) is 13.7 Å². The van der Waals surface area contributed by atoms with Gasteiger partial charge in [-0.2, -0.15) is 0 Å². The summed E-state index contributed by atoms with van der Waals surface area (Å²) in [5.41, 5.74) is 0.105. The Kier molecular flexibility index (Phi) is 6.08. The van der Waals surface area contributed by atoms with Crippen molar-refractivity contribution >= 4 is 23.5 Å². The Morgan fingerprint density at radius 1 is 1.33 bits per heavy atom. The molecule has 0 fully saturated rings. The summed E-state index contributed by atoms with van der Waals surface area (Å²) in [7, 11) is 1.28. The van der Waals surface area contributed by atoms with E-state index in [1.54, 1.807) is 13.8 Å². The smallest absolute Gasteiger partial charge is 0.325 e. The van der Waals surface area contributed by atoms with Gasteiger partial charge < -0.3 is 9.64 Å². The molecule has 0 N–H and O–H groups in total. The van der Waals surface area contributed by atoms with Crippen LogP contribution in [0.1, 0.15) is 49.9 Å². The lowest BCUT2D eigenvalue weighted by Crippen LogP contribution is -2.41. The minimum absolute atomic E-state index is 0.0712. The maximum absolute atomic E-state index is 12.6. The molecule has 0 atom stereocenters. The summed E-state index contributed by atoms with van der Waals surface area (Å²) >= 11 is 6.03. The first-order valence-electron chi connectivity index (χ1n) is 6.68. The van der Waals surface area contributed by atoms with E-state index in [9.17, 15) is 9.59 Å². The normalized spacial score (nSPS) is 10.9. The number of rotatable bonds is 5. The molecule has 0 bridgehead atoms. The van der Waals surface area contributed by atoms with Crippen LogP contribution in [0.5, 0.6) is 0 Å². The van der Waals surface area contributed by atoms with Gasteiger partial charge in [0.05, 0.1) is 18.3 Å². The maximum Gasteiger partial charge on any atom is 0.325 e. The number of ether oxygens (including phenoxy) is 1. The molecule has 7 heteroatoms. The summed E-state index contributed by atoms with van der Waals surface area (Å²) < 4.78 is 4.61. The molecule has 0 aliphatic heterocycles. The minimum Gasteiger partial charge on any atom is -0.468 e. The Morgan fingerprint density at radius 2 is 1.95 bits per heavy atom. The second-order valence-corrected chi connectivity index (χ2v) is 5.59. The standard InChI is InChI=1S/C14H20ClN3O3/c1-8(2)13-16-6-10(15)12(17-13)14(20)18(9(3)4)7-11(19)21-5/h6,8-9H,7H2,1-5H3. The average molecular weight is 314 g/mol. The molecule has 0 saturated heterocycles. The Bertz CT molecular complexity index is 532. The average Bonchev–Trinajstić information content (AvgIpc) is 2.43. The third kappa shape index (κ3) is 4.39. The quantitative estimate of drug-likeness (QED) is 0.780. The molecule has 1 rings (SSSR count). The molecular formula is C14H20ClN3O3. The van der Waals surface area contributed by atoms with E-state index >= 15 is 0 Å². The van der Waals surface area contributed by atoms with Crippen LogP contribution in [0.3, 0.4) is 0 Å². The van der Waals surface area contributed by atoms with Gasteiger partial charge in [0.1, 0.15) is 12.4 Å². The number of esters is 1. The molecule has 1 aromatic rings. The molecule has 0 aliphatic rings. The number of amides is 1. The van der Waals surface area contributed by atoms with Crippen LogP contribution in [0.2, 0.25) is 5.02 Å². The van der Waals surface area contributed by atoms with Crippen molar-refractivity contribution in [1.29, 1.82) is 0 Å². The van der Waals surface area contributed by atoms with Crippen molar-refractivity contribution in [3.8, 4) is 0 Å². The van der Waals surface area contributed by atoms with E-state index in [0.29, 0.717) is 5.82 Å². The molecule has 0 saturated carbocycles. The Hall–Kier alpha value is -1.69. The minimum atomic E-state index is -0.494. The molecule has 0 radical (unpaired) electrons. The van der Waals surface area contributed by atoms with Crippen LogP contribution < -0.4 is 0 Å². The van der Waals surface area contributed by atoms with Crippen LogP contribution in [0, 0.1) is 0 Å². The zero-order chi connectivity index (χ0) is 16.2. The van der Waals surface area contributed by atoms with Crippen LogP contribution in [0.25, 0.3) is 0 Å². The first kappa shape index (κ1) is 17.4. The van der Waals surface area contributed by atoms with Crippen LogP contribution in [0.15, 0.2) is 6.20 Å². The molecule has 116 valence electrons. The zero-order valence-electron chi connectivity index (χ0n) is 12.9. The van der Waals surface area contributed by atoms with Crippen molar-refractivity contribution < 1.29 is 14.3 Å². The van der Waals surface area contributed by atoms with Crippen LogP contribution in [0.4, 0.5) is 0 Å². The summed E-state index contributed by atoms with van der Waals surface area (Å²) in [6.07, 6.45) is 1.41. The SMILES string of the molecule is COC(=O)CN(C(=O)c1nc(C(C)C)ncc1Cl)C(C)C. The fourth-order valence-corrected chi connectivity index (χ4v) is 1.81. The number of halogens is 1. The van der Waals surface area contributed by atoms with Crippen molar-refractivity contribution in [1.82, 2.24) is 14.9 Å². The lowest BCUT2D eigenvalue weighted by molar-refractivity contribution is -0.141. The summed E-state index contributed by atoms with van der Waals surface area (Å²) in [4.78, 5) is 33.7. The molecule has 1 aromatic heterocycles. The summed E-state index contributed by atoms with van der Waals surface area (Å²) in [6.45, 7) is 7.31. The van der Waals surface area contributed by atoms with E-state index in [2.05, 4.69) is 14.7 Å². The van der Waals surface area contributed by atoms with Gasteiger partial charge in [0.2, 0.25) is 0 Å². The Morgan fingerprint density at radius 3 is 2.43 bits per heavy atom. The number of hydrogen-bond donors (Lipinski definition) is 0. The highest BCUT2D eigenvalue weighted by atomic mass is 35.5. The highest BCUT2D eigenvalue weighted by molar-refractivity contribution is 6.33. The second kappa shape index (κ2) is 7.36. The van der Waals surface area contributed by atoms with Gasteiger partial charge in [-0.3, -0.25) is 9.59 Å². The van der Waals surface area contributed by atoms with Gasteiger partial charge in [-0.25, -0.2) is 9.97 Å². The number of aromatic nitrogens is 2. The number of carbonyl (C=O) groups excluding carboxylic acids is 2. The Labute approximate surface area is 129 Å². The second-order valence-electron chi connectivity index (χ2n) is 5.18. The lowest BCUT2D eigenvalue weighted by atomic mass is 10.2. The van der Waals surface area contributed by atoms with Gasteiger partial charge in [0.25, 0.3) is 5.91 Å². The first-order chi connectivity index (χ1) is 9.77. The van der Waals surface area contributed by atoms with Crippen LogP contribution >= 0.6 is 11.6 Å². The lowest BCUT2D eigenvalue weighted by Gasteiger charge is -2.25. The third-order valence-corrected chi connectivity index (χ3v) is 3.17. The van der Waals surface area contributed by atoms with Crippen molar-refractivity contribution in [2.45, 2.75) is 39.7 Å². The van der Waals surface area contributed by atoms with Crippen molar-refractivity contribution in [3.63, 3.8) is 0 Å². The van der Waals surface area contributed by atoms with Crippen LogP contribution in [-0.4, -0.2) is 46.4 Å². The van der Waals surface area contributed by atoms with Gasteiger partial charge in [0.15, 0.2) is 5.69 Å². The van der Waals surface area contributed by atoms with Crippen molar-refractivity contribution in [2.24, 2.45) is 0 Å². The van der Waals surface area contributed by atoms with E-state index in [0.717, 1.165) is 0 Å². The van der Waals surface area contributed by atoms with E-state index in [4.69, 9.17) is 11.6 Å². The summed E-state index contributed by atoms with van der Waals surface area (Å²) in [6, 6.07) is -0.190. The maximum atomic E-state index is 12.6. The zero-order valence-corrected chi connectivity index (χ0v) is 13.6. The first-order valence-corrected chi connectivity index (χ1v) is 7.05. The topological polar surface area (TPSA) is 72.4 Å². The fraction of sp³-hybridized carbons (Fsp3) is 0.571. The number of nitrogens with zero attached hydrogens (tertiary/aromatic N) is 3. The molecule has 1 heterocycles. The molecule has 0 spiro atoms. The number of carbonyl (C=O) groups is 2. The predicted molar refractivity (Wildman–Crippen MR) is 79.3 cm³/mol. The van der Waals surface area contributed by atoms with Crippen molar-refractivity contribution in [3.05, 3.63) is 22.7 Å². The largest absolute Gasteiger partial charge is 0.468 e. The third-order valence-electron chi connectivity index (χ3n) is 2.89. The summed E-state index contributed by atoms with van der Waals surface area (Å²) in [5, 5.41) is 0.167. The van der Waals surface area contributed by atoms with Gasteiger partial charge in [-0.05, 0) is 13.8 Å². The van der Waals surface area contributed by atoms with Crippen LogP contribution in [-0.2, 0) is 9.53 Å². The molecule has 0 aromatic carbocycles. The highest BCUT2D eigenvalue weighted by Gasteiger charge is 2.25. The van der Waals surface area contributed by atoms with Gasteiger partial charge in [-0.15, -0.1) is 0 Å².